The monoisotopic (exact) mass is 344 g/mol. The molecule has 0 radical (unpaired) electrons. The van der Waals surface area contributed by atoms with Crippen LogP contribution in [0.2, 0.25) is 0 Å². The van der Waals surface area contributed by atoms with Gasteiger partial charge in [0.05, 0.1) is 13.2 Å². The zero-order valence-corrected chi connectivity index (χ0v) is 14.2. The molecular weight excluding hydrogens is 324 g/mol. The van der Waals surface area contributed by atoms with E-state index in [0.29, 0.717) is 36.8 Å². The molecule has 1 aliphatic rings. The summed E-state index contributed by atoms with van der Waals surface area (Å²) < 4.78 is 15.8. The third kappa shape index (κ3) is 4.24. The molecule has 1 fully saturated rings. The fourth-order valence-corrected chi connectivity index (χ4v) is 2.37. The largest absolute Gasteiger partial charge is 0.486 e. The van der Waals surface area contributed by atoms with Crippen LogP contribution in [-0.2, 0) is 11.3 Å². The van der Waals surface area contributed by atoms with Gasteiger partial charge in [-0.25, -0.2) is 0 Å². The smallest absolute Gasteiger partial charge is 0.273 e. The Labute approximate surface area is 145 Å². The summed E-state index contributed by atoms with van der Waals surface area (Å²) in [6.07, 6.45) is 0. The van der Waals surface area contributed by atoms with E-state index in [1.165, 1.54) is 6.92 Å². The number of nitrogens with zero attached hydrogens (tertiary/aromatic N) is 1. The van der Waals surface area contributed by atoms with Crippen LogP contribution < -0.4 is 10.1 Å². The lowest BCUT2D eigenvalue weighted by molar-refractivity contribution is -0.0978. The number of aromatic nitrogens is 1. The second-order valence-corrected chi connectivity index (χ2v) is 6.53. The number of hydrogen-bond donors (Lipinski definition) is 1. The first-order valence-electron chi connectivity index (χ1n) is 8.01. The minimum absolute atomic E-state index is 0.000221. The summed E-state index contributed by atoms with van der Waals surface area (Å²) in [5.74, 6) is 0.762. The van der Waals surface area contributed by atoms with Crippen LogP contribution in [0, 0.1) is 5.41 Å². The molecule has 0 aliphatic carbocycles. The van der Waals surface area contributed by atoms with Gasteiger partial charge < -0.3 is 19.3 Å². The SMILES string of the molecule is CC(=O)c1ccc(OCc2cc(C(=O)NCC3(C)COC3)no2)cc1. The second-order valence-electron chi connectivity index (χ2n) is 6.53. The van der Waals surface area contributed by atoms with Gasteiger partial charge in [-0.2, -0.15) is 0 Å². The first-order chi connectivity index (χ1) is 12.0. The number of rotatable bonds is 7. The van der Waals surface area contributed by atoms with E-state index in [0.717, 1.165) is 0 Å². The van der Waals surface area contributed by atoms with E-state index >= 15 is 0 Å². The highest BCUT2D eigenvalue weighted by Gasteiger charge is 2.33. The van der Waals surface area contributed by atoms with Crippen molar-refractivity contribution in [3.63, 3.8) is 0 Å². The predicted molar refractivity (Wildman–Crippen MR) is 88.5 cm³/mol. The number of carbonyl (C=O) groups is 2. The molecule has 7 nitrogen and oxygen atoms in total. The van der Waals surface area contributed by atoms with Gasteiger partial charge >= 0.3 is 0 Å². The first kappa shape index (κ1) is 17.2. The molecule has 1 saturated heterocycles. The zero-order chi connectivity index (χ0) is 17.9. The highest BCUT2D eigenvalue weighted by molar-refractivity contribution is 5.94. The van der Waals surface area contributed by atoms with Crippen LogP contribution in [0.4, 0.5) is 0 Å². The fourth-order valence-electron chi connectivity index (χ4n) is 2.37. The maximum atomic E-state index is 12.1. The summed E-state index contributed by atoms with van der Waals surface area (Å²) in [7, 11) is 0. The van der Waals surface area contributed by atoms with E-state index in [4.69, 9.17) is 14.0 Å². The van der Waals surface area contributed by atoms with E-state index in [9.17, 15) is 9.59 Å². The highest BCUT2D eigenvalue weighted by Crippen LogP contribution is 2.25. The molecule has 0 spiro atoms. The van der Waals surface area contributed by atoms with Gasteiger partial charge in [-0.05, 0) is 31.2 Å². The Morgan fingerprint density at radius 1 is 1.28 bits per heavy atom. The van der Waals surface area contributed by atoms with Crippen molar-refractivity contribution in [2.24, 2.45) is 5.41 Å². The Balaban J connectivity index is 1.50. The summed E-state index contributed by atoms with van der Waals surface area (Å²) in [6, 6.07) is 8.37. The Kier molecular flexibility index (Phi) is 4.85. The molecule has 0 saturated carbocycles. The maximum absolute atomic E-state index is 12.1. The van der Waals surface area contributed by atoms with Crippen molar-refractivity contribution < 1.29 is 23.6 Å². The third-order valence-corrected chi connectivity index (χ3v) is 4.01. The van der Waals surface area contributed by atoms with E-state index < -0.39 is 0 Å². The van der Waals surface area contributed by atoms with Crippen molar-refractivity contribution in [1.29, 1.82) is 0 Å². The van der Waals surface area contributed by atoms with E-state index in [-0.39, 0.29) is 29.4 Å². The minimum Gasteiger partial charge on any atom is -0.486 e. The second kappa shape index (κ2) is 7.06. The highest BCUT2D eigenvalue weighted by atomic mass is 16.5. The summed E-state index contributed by atoms with van der Waals surface area (Å²) >= 11 is 0. The van der Waals surface area contributed by atoms with Crippen molar-refractivity contribution in [2.75, 3.05) is 19.8 Å². The molecule has 1 aromatic carbocycles. The number of carbonyl (C=O) groups excluding carboxylic acids is 2. The predicted octanol–water partition coefficient (Wildman–Crippen LogP) is 2.22. The van der Waals surface area contributed by atoms with Gasteiger partial charge in [-0.3, -0.25) is 9.59 Å². The summed E-state index contributed by atoms with van der Waals surface area (Å²) in [5.41, 5.74) is 0.836. The topological polar surface area (TPSA) is 90.7 Å². The van der Waals surface area contributed by atoms with Crippen molar-refractivity contribution >= 4 is 11.7 Å². The average molecular weight is 344 g/mol. The molecular formula is C18H20N2O5. The molecule has 1 aromatic heterocycles. The van der Waals surface area contributed by atoms with Crippen LogP contribution in [-0.4, -0.2) is 36.6 Å². The quantitative estimate of drug-likeness (QED) is 0.775. The number of amides is 1. The standard InChI is InChI=1S/C18H20N2O5/c1-12(21)13-3-5-14(6-4-13)24-8-15-7-16(20-25-15)17(22)19-9-18(2)10-23-11-18/h3-7H,8-11H2,1-2H3,(H,19,22). The first-order valence-corrected chi connectivity index (χ1v) is 8.01. The van der Waals surface area contributed by atoms with E-state index in [1.54, 1.807) is 30.3 Å². The number of ketones is 1. The molecule has 2 aromatic rings. The van der Waals surface area contributed by atoms with Gasteiger partial charge in [0, 0.05) is 23.6 Å². The lowest BCUT2D eigenvalue weighted by atomic mass is 9.89. The van der Waals surface area contributed by atoms with Crippen molar-refractivity contribution in [1.82, 2.24) is 10.5 Å². The molecule has 132 valence electrons. The molecule has 0 atom stereocenters. The summed E-state index contributed by atoms with van der Waals surface area (Å²) in [5, 5.41) is 6.60. The molecule has 3 rings (SSSR count). The van der Waals surface area contributed by atoms with Gasteiger partial charge in [-0.1, -0.05) is 12.1 Å². The normalized spacial score (nSPS) is 15.3. The number of benzene rings is 1. The Morgan fingerprint density at radius 3 is 2.60 bits per heavy atom. The van der Waals surface area contributed by atoms with Gasteiger partial charge in [0.15, 0.2) is 17.2 Å². The Hall–Kier alpha value is -2.67. The Bertz CT molecular complexity index is 762. The number of hydrogen-bond acceptors (Lipinski definition) is 6. The fraction of sp³-hybridized carbons (Fsp3) is 0.389. The molecule has 1 aliphatic heterocycles. The molecule has 0 unspecified atom stereocenters. The lowest BCUT2D eigenvalue weighted by Gasteiger charge is -2.37. The van der Waals surface area contributed by atoms with Gasteiger partial charge in [0.2, 0.25) is 0 Å². The maximum Gasteiger partial charge on any atom is 0.273 e. The number of Topliss-reactive ketones (excluding diaryl/α,β-unsaturated/α-hetero) is 1. The van der Waals surface area contributed by atoms with Gasteiger partial charge in [0.1, 0.15) is 12.4 Å². The van der Waals surface area contributed by atoms with Crippen LogP contribution in [0.25, 0.3) is 0 Å². The third-order valence-electron chi connectivity index (χ3n) is 4.01. The number of nitrogens with one attached hydrogen (secondary N) is 1. The zero-order valence-electron chi connectivity index (χ0n) is 14.2. The van der Waals surface area contributed by atoms with E-state index in [2.05, 4.69) is 17.4 Å². The van der Waals surface area contributed by atoms with E-state index in [1.807, 2.05) is 0 Å². The molecule has 1 amide bonds. The van der Waals surface area contributed by atoms with Crippen LogP contribution in [0.3, 0.4) is 0 Å². The average Bonchev–Trinajstić information content (AvgIpc) is 3.05. The molecule has 7 heteroatoms. The molecule has 1 N–H and O–H groups in total. The van der Waals surface area contributed by atoms with Crippen LogP contribution in [0.15, 0.2) is 34.9 Å². The summed E-state index contributed by atoms with van der Waals surface area (Å²) in [6.45, 7) is 5.53. The van der Waals surface area contributed by atoms with Crippen molar-refractivity contribution in [3.8, 4) is 5.75 Å². The lowest BCUT2D eigenvalue weighted by Crippen LogP contribution is -2.48. The number of ether oxygens (including phenoxy) is 2. The minimum atomic E-state index is -0.283. The summed E-state index contributed by atoms with van der Waals surface area (Å²) in [4.78, 5) is 23.3. The van der Waals surface area contributed by atoms with Crippen molar-refractivity contribution in [3.05, 3.63) is 47.3 Å². The molecule has 0 bridgehead atoms. The molecule has 25 heavy (non-hydrogen) atoms. The van der Waals surface area contributed by atoms with Crippen LogP contribution in [0.1, 0.15) is 40.5 Å². The van der Waals surface area contributed by atoms with Crippen LogP contribution in [0.5, 0.6) is 5.75 Å². The van der Waals surface area contributed by atoms with Gasteiger partial charge in [-0.15, -0.1) is 0 Å². The van der Waals surface area contributed by atoms with Gasteiger partial charge in [0.25, 0.3) is 5.91 Å². The Morgan fingerprint density at radius 2 is 2.00 bits per heavy atom. The van der Waals surface area contributed by atoms with Crippen molar-refractivity contribution in [2.45, 2.75) is 20.5 Å². The van der Waals surface area contributed by atoms with Crippen LogP contribution >= 0.6 is 0 Å². The molecule has 2 heterocycles.